The van der Waals surface area contributed by atoms with Crippen LogP contribution in [0.15, 0.2) is 97.6 Å². The Bertz CT molecular complexity index is 1320. The van der Waals surface area contributed by atoms with Crippen molar-refractivity contribution >= 4 is 11.8 Å². The Hall–Kier alpha value is -4.32. The first-order valence-electron chi connectivity index (χ1n) is 12.7. The molecule has 0 aliphatic carbocycles. The summed E-state index contributed by atoms with van der Waals surface area (Å²) in [6, 6.07) is 24.1. The number of rotatable bonds is 7. The largest absolute Gasteiger partial charge is 0.369 e. The van der Waals surface area contributed by atoms with Crippen molar-refractivity contribution in [1.82, 2.24) is 14.9 Å². The average molecular weight is 491 g/mol. The molecule has 0 bridgehead atoms. The van der Waals surface area contributed by atoms with Gasteiger partial charge in [0.2, 0.25) is 5.91 Å². The standard InChI is InChI=1S/C31H30N4O2/c32-30(36)25-12-7-17-35(21-25)31(37)27-14-4-13-26(22-8-2-1-3-9-22)29(27)18-28(23-10-5-15-33-19-23)24-11-6-16-34-20-24/h1-6,8-11,13-16,19-20,25,28H,7,12,17-18,21H2,(H2,32,36). The van der Waals surface area contributed by atoms with Gasteiger partial charge in [0.25, 0.3) is 5.91 Å². The predicted octanol–water partition coefficient (Wildman–Crippen LogP) is 4.86. The lowest BCUT2D eigenvalue weighted by Crippen LogP contribution is -2.44. The van der Waals surface area contributed by atoms with Crippen LogP contribution >= 0.6 is 0 Å². The summed E-state index contributed by atoms with van der Waals surface area (Å²) in [5.74, 6) is -0.755. The highest BCUT2D eigenvalue weighted by molar-refractivity contribution is 5.98. The molecular formula is C31H30N4O2. The monoisotopic (exact) mass is 490 g/mol. The van der Waals surface area contributed by atoms with E-state index in [2.05, 4.69) is 40.3 Å². The lowest BCUT2D eigenvalue weighted by Gasteiger charge is -2.32. The van der Waals surface area contributed by atoms with E-state index in [1.165, 1.54) is 0 Å². The first-order chi connectivity index (χ1) is 18.1. The van der Waals surface area contributed by atoms with Gasteiger partial charge in [0.1, 0.15) is 0 Å². The fraction of sp³-hybridized carbons (Fsp3) is 0.226. The van der Waals surface area contributed by atoms with Crippen molar-refractivity contribution in [3.05, 3.63) is 120 Å². The molecule has 2 N–H and O–H groups in total. The number of aromatic nitrogens is 2. The van der Waals surface area contributed by atoms with E-state index in [1.807, 2.05) is 54.9 Å². The second-order valence-electron chi connectivity index (χ2n) is 9.52. The van der Waals surface area contributed by atoms with Crippen LogP contribution in [0.4, 0.5) is 0 Å². The molecule has 0 spiro atoms. The summed E-state index contributed by atoms with van der Waals surface area (Å²) < 4.78 is 0. The topological polar surface area (TPSA) is 89.2 Å². The van der Waals surface area contributed by atoms with Crippen LogP contribution in [0.1, 0.15) is 45.8 Å². The van der Waals surface area contributed by atoms with Gasteiger partial charge in [0.15, 0.2) is 0 Å². The lowest BCUT2D eigenvalue weighted by molar-refractivity contribution is -0.123. The zero-order valence-corrected chi connectivity index (χ0v) is 20.7. The molecular weight excluding hydrogens is 460 g/mol. The van der Waals surface area contributed by atoms with E-state index in [0.29, 0.717) is 25.1 Å². The first kappa shape index (κ1) is 24.4. The third-order valence-electron chi connectivity index (χ3n) is 7.18. The van der Waals surface area contributed by atoms with Crippen LogP contribution in [-0.2, 0) is 11.2 Å². The number of carbonyl (C=O) groups is 2. The molecule has 2 amide bonds. The Kier molecular flexibility index (Phi) is 7.36. The first-order valence-corrected chi connectivity index (χ1v) is 12.7. The van der Waals surface area contributed by atoms with Gasteiger partial charge < -0.3 is 10.6 Å². The predicted molar refractivity (Wildman–Crippen MR) is 144 cm³/mol. The highest BCUT2D eigenvalue weighted by Gasteiger charge is 2.30. The Morgan fingerprint density at radius 2 is 1.59 bits per heavy atom. The highest BCUT2D eigenvalue weighted by atomic mass is 16.2. The molecule has 3 heterocycles. The third-order valence-corrected chi connectivity index (χ3v) is 7.18. The molecule has 0 saturated carbocycles. The smallest absolute Gasteiger partial charge is 0.254 e. The third kappa shape index (κ3) is 5.43. The van der Waals surface area contributed by atoms with Crippen molar-refractivity contribution in [2.75, 3.05) is 13.1 Å². The van der Waals surface area contributed by atoms with Gasteiger partial charge in [-0.15, -0.1) is 0 Å². The summed E-state index contributed by atoms with van der Waals surface area (Å²) in [6.45, 7) is 0.976. The van der Waals surface area contributed by atoms with Gasteiger partial charge in [0.05, 0.1) is 5.92 Å². The number of amides is 2. The molecule has 2 aromatic heterocycles. The van der Waals surface area contributed by atoms with Crippen molar-refractivity contribution in [3.63, 3.8) is 0 Å². The average Bonchev–Trinajstić information content (AvgIpc) is 2.97. The number of benzene rings is 2. The van der Waals surface area contributed by atoms with Crippen molar-refractivity contribution in [1.29, 1.82) is 0 Å². The molecule has 37 heavy (non-hydrogen) atoms. The van der Waals surface area contributed by atoms with Gasteiger partial charge >= 0.3 is 0 Å². The number of nitrogens with zero attached hydrogens (tertiary/aromatic N) is 3. The zero-order chi connectivity index (χ0) is 25.6. The number of nitrogens with two attached hydrogens (primary N) is 1. The number of carbonyl (C=O) groups excluding carboxylic acids is 2. The van der Waals surface area contributed by atoms with Crippen LogP contribution in [-0.4, -0.2) is 39.8 Å². The second-order valence-corrected chi connectivity index (χ2v) is 9.52. The molecule has 6 heteroatoms. The molecule has 1 atom stereocenters. The second kappa shape index (κ2) is 11.2. The molecule has 1 aliphatic rings. The Morgan fingerprint density at radius 3 is 2.22 bits per heavy atom. The van der Waals surface area contributed by atoms with Crippen molar-refractivity contribution in [3.8, 4) is 11.1 Å². The molecule has 1 aliphatic heterocycles. The normalized spacial score (nSPS) is 15.5. The van der Waals surface area contributed by atoms with E-state index in [4.69, 9.17) is 5.73 Å². The maximum absolute atomic E-state index is 14.0. The number of hydrogen-bond acceptors (Lipinski definition) is 4. The van der Waals surface area contributed by atoms with Crippen LogP contribution in [0.25, 0.3) is 11.1 Å². The Balaban J connectivity index is 1.61. The van der Waals surface area contributed by atoms with Crippen LogP contribution in [0.3, 0.4) is 0 Å². The van der Waals surface area contributed by atoms with E-state index >= 15 is 0 Å². The van der Waals surface area contributed by atoms with Crippen LogP contribution < -0.4 is 5.73 Å². The van der Waals surface area contributed by atoms with Crippen molar-refractivity contribution in [2.45, 2.75) is 25.2 Å². The molecule has 1 fully saturated rings. The highest BCUT2D eigenvalue weighted by Crippen LogP contribution is 2.35. The van der Waals surface area contributed by atoms with Gasteiger partial charge in [0, 0.05) is 49.4 Å². The van der Waals surface area contributed by atoms with E-state index in [1.54, 1.807) is 17.3 Å². The van der Waals surface area contributed by atoms with Gasteiger partial charge in [-0.3, -0.25) is 19.6 Å². The van der Waals surface area contributed by atoms with Crippen LogP contribution in [0.2, 0.25) is 0 Å². The SMILES string of the molecule is NC(=O)C1CCCN(C(=O)c2cccc(-c3ccccc3)c2CC(c2cccnc2)c2cccnc2)C1. The van der Waals surface area contributed by atoms with Gasteiger partial charge in [-0.2, -0.15) is 0 Å². The van der Waals surface area contributed by atoms with Gasteiger partial charge in [-0.1, -0.05) is 54.6 Å². The number of likely N-dealkylation sites (tertiary alicyclic amines) is 1. The summed E-state index contributed by atoms with van der Waals surface area (Å²) in [4.78, 5) is 36.4. The molecule has 2 aromatic carbocycles. The molecule has 4 aromatic rings. The summed E-state index contributed by atoms with van der Waals surface area (Å²) >= 11 is 0. The van der Waals surface area contributed by atoms with E-state index in [0.717, 1.165) is 40.7 Å². The molecule has 186 valence electrons. The summed E-state index contributed by atoms with van der Waals surface area (Å²) in [6.07, 6.45) is 9.38. The fourth-order valence-electron chi connectivity index (χ4n) is 5.26. The maximum atomic E-state index is 14.0. The fourth-order valence-corrected chi connectivity index (χ4v) is 5.26. The maximum Gasteiger partial charge on any atom is 0.254 e. The van der Waals surface area contributed by atoms with Crippen molar-refractivity contribution in [2.24, 2.45) is 11.7 Å². The number of hydrogen-bond donors (Lipinski definition) is 1. The zero-order valence-electron chi connectivity index (χ0n) is 20.7. The van der Waals surface area contributed by atoms with E-state index < -0.39 is 0 Å². The van der Waals surface area contributed by atoms with E-state index in [-0.39, 0.29) is 23.7 Å². The molecule has 1 unspecified atom stereocenters. The minimum atomic E-state index is -0.344. The van der Waals surface area contributed by atoms with Crippen LogP contribution in [0, 0.1) is 5.92 Å². The summed E-state index contributed by atoms with van der Waals surface area (Å²) in [5.41, 5.74) is 11.4. The molecule has 6 nitrogen and oxygen atoms in total. The van der Waals surface area contributed by atoms with Gasteiger partial charge in [-0.25, -0.2) is 0 Å². The van der Waals surface area contributed by atoms with Crippen molar-refractivity contribution < 1.29 is 9.59 Å². The lowest BCUT2D eigenvalue weighted by atomic mass is 9.82. The number of piperidine rings is 1. The molecule has 0 radical (unpaired) electrons. The summed E-state index contributed by atoms with van der Waals surface area (Å²) in [7, 11) is 0. The van der Waals surface area contributed by atoms with Crippen LogP contribution in [0.5, 0.6) is 0 Å². The Labute approximate surface area is 217 Å². The molecule has 5 rings (SSSR count). The molecule has 1 saturated heterocycles. The minimum absolute atomic E-state index is 0.0430. The number of primary amides is 1. The van der Waals surface area contributed by atoms with E-state index in [9.17, 15) is 9.59 Å². The minimum Gasteiger partial charge on any atom is -0.369 e. The Morgan fingerprint density at radius 1 is 0.892 bits per heavy atom. The van der Waals surface area contributed by atoms with Gasteiger partial charge in [-0.05, 0) is 65.3 Å². The number of pyridine rings is 2. The summed E-state index contributed by atoms with van der Waals surface area (Å²) in [5, 5.41) is 0. The quantitative estimate of drug-likeness (QED) is 0.401.